The Kier molecular flexibility index (Phi) is 3.72. The predicted octanol–water partition coefficient (Wildman–Crippen LogP) is 3.01. The minimum atomic E-state index is 0.451. The summed E-state index contributed by atoms with van der Waals surface area (Å²) < 4.78 is 0. The zero-order chi connectivity index (χ0) is 14.1. The summed E-state index contributed by atoms with van der Waals surface area (Å²) in [5.41, 5.74) is 2.49. The number of fused-ring (bicyclic) bond motifs is 1. The average Bonchev–Trinajstić information content (AvgIpc) is 2.90. The maximum atomic E-state index is 4.56. The Hall–Kier alpha value is -1.46. The molecule has 1 aliphatic heterocycles. The van der Waals surface area contributed by atoms with Crippen LogP contribution in [0.1, 0.15) is 34.9 Å². The van der Waals surface area contributed by atoms with Gasteiger partial charge in [0.2, 0.25) is 0 Å². The highest BCUT2D eigenvalue weighted by Crippen LogP contribution is 2.33. The fourth-order valence-corrected chi connectivity index (χ4v) is 3.75. The molecule has 1 aliphatic rings. The Labute approximate surface area is 123 Å². The molecule has 0 aliphatic carbocycles. The van der Waals surface area contributed by atoms with Crippen molar-refractivity contribution in [3.8, 4) is 0 Å². The number of anilines is 1. The molecule has 2 aromatic rings. The molecule has 2 aromatic heterocycles. The Morgan fingerprint density at radius 2 is 2.30 bits per heavy atom. The van der Waals surface area contributed by atoms with Gasteiger partial charge in [-0.2, -0.15) is 0 Å². The highest BCUT2D eigenvalue weighted by Gasteiger charge is 2.25. The fourth-order valence-electron chi connectivity index (χ4n) is 2.79. The molecule has 1 atom stereocenters. The van der Waals surface area contributed by atoms with E-state index in [9.17, 15) is 0 Å². The maximum absolute atomic E-state index is 4.56. The summed E-state index contributed by atoms with van der Waals surface area (Å²) in [6.07, 6.45) is 1.14. The Bertz CT molecular complexity index is 608. The molecule has 0 saturated heterocycles. The molecule has 4 nitrogen and oxygen atoms in total. The normalized spacial score (nSPS) is 18.9. The van der Waals surface area contributed by atoms with E-state index in [1.807, 2.05) is 31.4 Å². The first kappa shape index (κ1) is 13.5. The second-order valence-corrected chi connectivity index (χ2v) is 6.26. The SMILES string of the molecule is CNc1cc(C)nc(CN2CCc3sccc3C2C)n1. The molecule has 0 bridgehead atoms. The average molecular weight is 288 g/mol. The van der Waals surface area contributed by atoms with Gasteiger partial charge in [-0.15, -0.1) is 11.3 Å². The van der Waals surface area contributed by atoms with Crippen molar-refractivity contribution in [2.75, 3.05) is 18.9 Å². The van der Waals surface area contributed by atoms with Crippen LogP contribution in [-0.4, -0.2) is 28.5 Å². The molecule has 0 saturated carbocycles. The molecular formula is C15H20N4S. The van der Waals surface area contributed by atoms with Crippen LogP contribution in [0.4, 0.5) is 5.82 Å². The summed E-state index contributed by atoms with van der Waals surface area (Å²) in [4.78, 5) is 13.1. The zero-order valence-corrected chi connectivity index (χ0v) is 13.0. The number of hydrogen-bond acceptors (Lipinski definition) is 5. The number of thiophene rings is 1. The number of aromatic nitrogens is 2. The lowest BCUT2D eigenvalue weighted by Gasteiger charge is -2.33. The molecule has 106 valence electrons. The van der Waals surface area contributed by atoms with Gasteiger partial charge < -0.3 is 5.32 Å². The molecule has 0 radical (unpaired) electrons. The number of hydrogen-bond donors (Lipinski definition) is 1. The van der Waals surface area contributed by atoms with E-state index < -0.39 is 0 Å². The molecule has 3 heterocycles. The lowest BCUT2D eigenvalue weighted by Crippen LogP contribution is -2.33. The second kappa shape index (κ2) is 5.50. The third kappa shape index (κ3) is 2.55. The summed E-state index contributed by atoms with van der Waals surface area (Å²) in [5.74, 6) is 1.80. The van der Waals surface area contributed by atoms with Crippen LogP contribution < -0.4 is 5.32 Å². The molecule has 20 heavy (non-hydrogen) atoms. The smallest absolute Gasteiger partial charge is 0.144 e. The number of aryl methyl sites for hydroxylation is 1. The van der Waals surface area contributed by atoms with E-state index in [-0.39, 0.29) is 0 Å². The van der Waals surface area contributed by atoms with E-state index in [4.69, 9.17) is 0 Å². The Morgan fingerprint density at radius 1 is 1.45 bits per heavy atom. The number of rotatable bonds is 3. The van der Waals surface area contributed by atoms with Crippen molar-refractivity contribution in [3.63, 3.8) is 0 Å². The van der Waals surface area contributed by atoms with E-state index in [0.717, 1.165) is 36.8 Å². The lowest BCUT2D eigenvalue weighted by molar-refractivity contribution is 0.186. The Morgan fingerprint density at radius 3 is 3.10 bits per heavy atom. The first-order valence-corrected chi connectivity index (χ1v) is 7.88. The van der Waals surface area contributed by atoms with E-state index in [0.29, 0.717) is 6.04 Å². The van der Waals surface area contributed by atoms with Crippen molar-refractivity contribution in [2.45, 2.75) is 32.9 Å². The third-order valence-corrected chi connectivity index (χ3v) is 4.90. The molecule has 5 heteroatoms. The van der Waals surface area contributed by atoms with Crippen LogP contribution in [0.5, 0.6) is 0 Å². The van der Waals surface area contributed by atoms with E-state index >= 15 is 0 Å². The molecule has 0 aromatic carbocycles. The zero-order valence-electron chi connectivity index (χ0n) is 12.2. The van der Waals surface area contributed by atoms with Gasteiger partial charge >= 0.3 is 0 Å². The topological polar surface area (TPSA) is 41.1 Å². The van der Waals surface area contributed by atoms with Gasteiger partial charge in [-0.25, -0.2) is 9.97 Å². The summed E-state index contributed by atoms with van der Waals surface area (Å²) in [6, 6.07) is 4.68. The maximum Gasteiger partial charge on any atom is 0.144 e. The molecular weight excluding hydrogens is 268 g/mol. The van der Waals surface area contributed by atoms with Gasteiger partial charge in [-0.3, -0.25) is 4.90 Å². The number of nitrogens with one attached hydrogen (secondary N) is 1. The summed E-state index contributed by atoms with van der Waals surface area (Å²) in [6.45, 7) is 6.19. The van der Waals surface area contributed by atoms with Crippen molar-refractivity contribution in [2.24, 2.45) is 0 Å². The van der Waals surface area contributed by atoms with Crippen LogP contribution in [0, 0.1) is 6.92 Å². The van der Waals surface area contributed by atoms with Gasteiger partial charge in [-0.1, -0.05) is 0 Å². The van der Waals surface area contributed by atoms with E-state index in [1.54, 1.807) is 0 Å². The standard InChI is InChI=1S/C15H20N4S/c1-10-8-14(16-3)18-15(17-10)9-19-6-4-13-12(11(19)2)5-7-20-13/h5,7-8,11H,4,6,9H2,1-3H3,(H,16,17,18). The highest BCUT2D eigenvalue weighted by molar-refractivity contribution is 7.10. The molecule has 1 N–H and O–H groups in total. The van der Waals surface area contributed by atoms with Crippen LogP contribution in [0.2, 0.25) is 0 Å². The fraction of sp³-hybridized carbons (Fsp3) is 0.467. The first-order valence-electron chi connectivity index (χ1n) is 7.00. The van der Waals surface area contributed by atoms with E-state index in [1.165, 1.54) is 10.4 Å². The van der Waals surface area contributed by atoms with Gasteiger partial charge in [0.1, 0.15) is 11.6 Å². The largest absolute Gasteiger partial charge is 0.373 e. The van der Waals surface area contributed by atoms with Crippen molar-refractivity contribution >= 4 is 17.2 Å². The molecule has 1 unspecified atom stereocenters. The number of nitrogens with zero attached hydrogens (tertiary/aromatic N) is 3. The predicted molar refractivity (Wildman–Crippen MR) is 83.2 cm³/mol. The minimum Gasteiger partial charge on any atom is -0.373 e. The summed E-state index contributed by atoms with van der Waals surface area (Å²) in [7, 11) is 1.90. The van der Waals surface area contributed by atoms with Crippen LogP contribution in [-0.2, 0) is 13.0 Å². The molecule has 0 fully saturated rings. The third-order valence-electron chi connectivity index (χ3n) is 3.90. The quantitative estimate of drug-likeness (QED) is 0.942. The van der Waals surface area contributed by atoms with Gasteiger partial charge in [0.05, 0.1) is 6.54 Å². The Balaban J connectivity index is 1.80. The van der Waals surface area contributed by atoms with Crippen LogP contribution in [0.25, 0.3) is 0 Å². The van der Waals surface area contributed by atoms with Crippen molar-refractivity contribution in [3.05, 3.63) is 39.5 Å². The summed E-state index contributed by atoms with van der Waals surface area (Å²) in [5, 5.41) is 5.30. The van der Waals surface area contributed by atoms with Gasteiger partial charge in [0.15, 0.2) is 0 Å². The first-order chi connectivity index (χ1) is 9.67. The van der Waals surface area contributed by atoms with Crippen LogP contribution in [0.15, 0.2) is 17.5 Å². The van der Waals surface area contributed by atoms with Crippen LogP contribution >= 0.6 is 11.3 Å². The van der Waals surface area contributed by atoms with Crippen molar-refractivity contribution in [1.29, 1.82) is 0 Å². The van der Waals surface area contributed by atoms with Crippen molar-refractivity contribution < 1.29 is 0 Å². The van der Waals surface area contributed by atoms with Gasteiger partial charge in [-0.05, 0) is 37.3 Å². The monoisotopic (exact) mass is 288 g/mol. The van der Waals surface area contributed by atoms with Gasteiger partial charge in [0.25, 0.3) is 0 Å². The van der Waals surface area contributed by atoms with Gasteiger partial charge in [0, 0.05) is 36.3 Å². The highest BCUT2D eigenvalue weighted by atomic mass is 32.1. The molecule has 0 amide bonds. The lowest BCUT2D eigenvalue weighted by atomic mass is 10.0. The van der Waals surface area contributed by atoms with Crippen molar-refractivity contribution in [1.82, 2.24) is 14.9 Å². The summed E-state index contributed by atoms with van der Waals surface area (Å²) >= 11 is 1.88. The molecule has 0 spiro atoms. The minimum absolute atomic E-state index is 0.451. The van der Waals surface area contributed by atoms with Crippen LogP contribution in [0.3, 0.4) is 0 Å². The molecule has 3 rings (SSSR count). The second-order valence-electron chi connectivity index (χ2n) is 5.26. The van der Waals surface area contributed by atoms with E-state index in [2.05, 4.69) is 38.6 Å².